The minimum atomic E-state index is -0.731. The Labute approximate surface area is 116 Å². The summed E-state index contributed by atoms with van der Waals surface area (Å²) in [6, 6.07) is 12.8. The van der Waals surface area contributed by atoms with Crippen molar-refractivity contribution in [2.75, 3.05) is 5.73 Å². The molecule has 2 rings (SSSR count). The quantitative estimate of drug-likeness (QED) is 0.503. The van der Waals surface area contributed by atoms with Crippen LogP contribution >= 0.6 is 0 Å². The minimum absolute atomic E-state index is 0.233. The molecule has 2 aromatic rings. The van der Waals surface area contributed by atoms with Gasteiger partial charge in [0.2, 0.25) is 0 Å². The molecule has 20 heavy (non-hydrogen) atoms. The van der Waals surface area contributed by atoms with Gasteiger partial charge in [-0.25, -0.2) is 9.59 Å². The molecule has 0 saturated heterocycles. The first kappa shape index (κ1) is 13.8. The van der Waals surface area contributed by atoms with E-state index in [0.29, 0.717) is 17.8 Å². The average molecular weight is 270 g/mol. The van der Waals surface area contributed by atoms with E-state index in [9.17, 15) is 9.59 Å². The number of nitrogen functional groups attached to an aromatic ring is 1. The van der Waals surface area contributed by atoms with Gasteiger partial charge < -0.3 is 16.2 Å². The number of benzene rings is 2. The van der Waals surface area contributed by atoms with Gasteiger partial charge in [0.15, 0.2) is 0 Å². The highest BCUT2D eigenvalue weighted by molar-refractivity contribution is 6.02. The third kappa shape index (κ3) is 3.21. The summed E-state index contributed by atoms with van der Waals surface area (Å²) in [6.45, 7) is 0.386. The Hall–Kier alpha value is -2.66. The molecule has 0 saturated carbocycles. The van der Waals surface area contributed by atoms with Crippen LogP contribution in [0.1, 0.15) is 26.3 Å². The van der Waals surface area contributed by atoms with E-state index in [4.69, 9.17) is 16.2 Å². The number of rotatable bonds is 3. The van der Waals surface area contributed by atoms with Crippen molar-refractivity contribution >= 4 is 17.6 Å². The molecule has 4 N–H and O–H groups in total. The smallest absolute Gasteiger partial charge is 0.346 e. The molecule has 0 bridgehead atoms. The summed E-state index contributed by atoms with van der Waals surface area (Å²) in [5, 5.41) is 0. The van der Waals surface area contributed by atoms with E-state index in [1.165, 1.54) is 12.1 Å². The molecule has 0 heterocycles. The lowest BCUT2D eigenvalue weighted by Crippen LogP contribution is -2.13. The summed E-state index contributed by atoms with van der Waals surface area (Å²) in [6.07, 6.45) is 0. The van der Waals surface area contributed by atoms with Gasteiger partial charge in [-0.2, -0.15) is 0 Å². The van der Waals surface area contributed by atoms with Crippen LogP contribution in [-0.4, -0.2) is 11.9 Å². The molecule has 0 radical (unpaired) electrons. The fraction of sp³-hybridized carbons (Fsp3) is 0.0667. The van der Waals surface area contributed by atoms with E-state index in [1.807, 2.05) is 0 Å². The third-order valence-corrected chi connectivity index (χ3v) is 2.73. The molecule has 0 amide bonds. The maximum atomic E-state index is 11.8. The van der Waals surface area contributed by atoms with Crippen molar-refractivity contribution in [1.29, 1.82) is 0 Å². The van der Waals surface area contributed by atoms with Crippen LogP contribution in [0.3, 0.4) is 0 Å². The van der Waals surface area contributed by atoms with Crippen LogP contribution in [0.4, 0.5) is 5.69 Å². The number of hydrogen-bond acceptors (Lipinski definition) is 5. The Balaban J connectivity index is 2.08. The van der Waals surface area contributed by atoms with Gasteiger partial charge in [-0.15, -0.1) is 0 Å². The lowest BCUT2D eigenvalue weighted by atomic mass is 10.1. The van der Waals surface area contributed by atoms with Gasteiger partial charge in [0.05, 0.1) is 11.1 Å². The van der Waals surface area contributed by atoms with Crippen LogP contribution in [0.25, 0.3) is 0 Å². The van der Waals surface area contributed by atoms with E-state index in [-0.39, 0.29) is 5.56 Å². The number of anilines is 1. The maximum Gasteiger partial charge on any atom is 0.346 e. The van der Waals surface area contributed by atoms with E-state index < -0.39 is 11.9 Å². The van der Waals surface area contributed by atoms with Crippen LogP contribution in [0.2, 0.25) is 0 Å². The first-order valence-electron chi connectivity index (χ1n) is 6.01. The van der Waals surface area contributed by atoms with E-state index >= 15 is 0 Å². The minimum Gasteiger partial charge on any atom is -0.399 e. The molecule has 0 aromatic heterocycles. The third-order valence-electron chi connectivity index (χ3n) is 2.73. The topological polar surface area (TPSA) is 95.4 Å². The van der Waals surface area contributed by atoms with Crippen molar-refractivity contribution in [3.05, 3.63) is 65.2 Å². The van der Waals surface area contributed by atoms with E-state index in [2.05, 4.69) is 0 Å². The lowest BCUT2D eigenvalue weighted by Gasteiger charge is -2.04. The predicted molar refractivity (Wildman–Crippen MR) is 74.9 cm³/mol. The van der Waals surface area contributed by atoms with Gasteiger partial charge in [-0.1, -0.05) is 18.2 Å². The Morgan fingerprint density at radius 2 is 1.60 bits per heavy atom. The standard InChI is InChI=1S/C15H14N2O3/c16-9-10-4-6-11(7-5-10)14(18)20-15(19)12-2-1-3-13(17)8-12/h1-8H,9,16-17H2. The van der Waals surface area contributed by atoms with Crippen LogP contribution in [0.15, 0.2) is 48.5 Å². The maximum absolute atomic E-state index is 11.8. The molecule has 0 fully saturated rings. The Morgan fingerprint density at radius 3 is 2.20 bits per heavy atom. The molecule has 0 unspecified atom stereocenters. The van der Waals surface area contributed by atoms with Crippen molar-refractivity contribution in [3.63, 3.8) is 0 Å². The molecule has 5 nitrogen and oxygen atoms in total. The number of hydrogen-bond donors (Lipinski definition) is 2. The lowest BCUT2D eigenvalue weighted by molar-refractivity contribution is 0.0398. The Morgan fingerprint density at radius 1 is 0.950 bits per heavy atom. The summed E-state index contributed by atoms with van der Waals surface area (Å²) in [7, 11) is 0. The molecule has 102 valence electrons. The van der Waals surface area contributed by atoms with Crippen molar-refractivity contribution < 1.29 is 14.3 Å². The molecular formula is C15H14N2O3. The van der Waals surface area contributed by atoms with E-state index in [0.717, 1.165) is 5.56 Å². The summed E-state index contributed by atoms with van der Waals surface area (Å²) in [4.78, 5) is 23.6. The normalized spacial score (nSPS) is 10.1. The molecule has 2 aromatic carbocycles. The Bertz CT molecular complexity index is 636. The zero-order valence-electron chi connectivity index (χ0n) is 10.7. The van der Waals surface area contributed by atoms with Crippen LogP contribution in [0, 0.1) is 0 Å². The highest BCUT2D eigenvalue weighted by Crippen LogP contribution is 2.10. The number of nitrogens with two attached hydrogens (primary N) is 2. The molecule has 0 aliphatic carbocycles. The molecule has 0 aliphatic rings. The monoisotopic (exact) mass is 270 g/mol. The number of carbonyl (C=O) groups excluding carboxylic acids is 2. The number of esters is 2. The number of ether oxygens (including phenoxy) is 1. The van der Waals surface area contributed by atoms with E-state index in [1.54, 1.807) is 36.4 Å². The summed E-state index contributed by atoms with van der Waals surface area (Å²) in [5.74, 6) is -1.44. The van der Waals surface area contributed by atoms with Crippen LogP contribution in [0.5, 0.6) is 0 Å². The zero-order chi connectivity index (χ0) is 14.5. The van der Waals surface area contributed by atoms with Crippen molar-refractivity contribution in [2.24, 2.45) is 5.73 Å². The molecule has 5 heteroatoms. The average Bonchev–Trinajstić information content (AvgIpc) is 2.47. The molecule has 0 atom stereocenters. The van der Waals surface area contributed by atoms with Crippen molar-refractivity contribution in [3.8, 4) is 0 Å². The van der Waals surface area contributed by atoms with Gasteiger partial charge in [-0.3, -0.25) is 0 Å². The fourth-order valence-electron chi connectivity index (χ4n) is 1.64. The summed E-state index contributed by atoms with van der Waals surface area (Å²) in [5.41, 5.74) is 12.9. The highest BCUT2D eigenvalue weighted by atomic mass is 16.6. The molecule has 0 spiro atoms. The number of carbonyl (C=O) groups is 2. The summed E-state index contributed by atoms with van der Waals surface area (Å²) < 4.78 is 4.79. The molecule has 0 aliphatic heterocycles. The van der Waals surface area contributed by atoms with Gasteiger partial charge in [-0.05, 0) is 35.9 Å². The van der Waals surface area contributed by atoms with Gasteiger partial charge in [0, 0.05) is 12.2 Å². The van der Waals surface area contributed by atoms with Crippen molar-refractivity contribution in [1.82, 2.24) is 0 Å². The second-order valence-corrected chi connectivity index (χ2v) is 4.20. The zero-order valence-corrected chi connectivity index (χ0v) is 10.7. The van der Waals surface area contributed by atoms with Gasteiger partial charge in [0.1, 0.15) is 0 Å². The SMILES string of the molecule is NCc1ccc(C(=O)OC(=O)c2cccc(N)c2)cc1. The first-order chi connectivity index (χ1) is 9.60. The van der Waals surface area contributed by atoms with Crippen LogP contribution in [-0.2, 0) is 11.3 Å². The largest absolute Gasteiger partial charge is 0.399 e. The summed E-state index contributed by atoms with van der Waals surface area (Å²) >= 11 is 0. The van der Waals surface area contributed by atoms with Gasteiger partial charge >= 0.3 is 11.9 Å². The predicted octanol–water partition coefficient (Wildman–Crippen LogP) is 1.72. The molecular weight excluding hydrogens is 256 g/mol. The second kappa shape index (κ2) is 5.99. The Kier molecular flexibility index (Phi) is 4.12. The first-order valence-corrected chi connectivity index (χ1v) is 6.01. The highest BCUT2D eigenvalue weighted by Gasteiger charge is 2.14. The van der Waals surface area contributed by atoms with Gasteiger partial charge in [0.25, 0.3) is 0 Å². The second-order valence-electron chi connectivity index (χ2n) is 4.20. The fourth-order valence-corrected chi connectivity index (χ4v) is 1.64. The van der Waals surface area contributed by atoms with Crippen molar-refractivity contribution in [2.45, 2.75) is 6.54 Å². The van der Waals surface area contributed by atoms with Crippen LogP contribution < -0.4 is 11.5 Å².